The van der Waals surface area contributed by atoms with Crippen molar-refractivity contribution in [1.29, 1.82) is 0 Å². The molecule has 3 aromatic carbocycles. The van der Waals surface area contributed by atoms with E-state index < -0.39 is 18.3 Å². The first-order valence-electron chi connectivity index (χ1n) is 11.1. The zero-order valence-electron chi connectivity index (χ0n) is 18.5. The third-order valence-corrected chi connectivity index (χ3v) is 7.44. The van der Waals surface area contributed by atoms with Crippen LogP contribution in [0.5, 0.6) is 0 Å². The molecular weight excluding hydrogens is 381 g/mol. The minimum Gasteiger partial charge on any atom is -0.399 e. The van der Waals surface area contributed by atoms with E-state index in [2.05, 4.69) is 82.3 Å². The number of nitrogens with zero attached hydrogens (tertiary/aromatic N) is 1. The van der Waals surface area contributed by atoms with Crippen molar-refractivity contribution in [3.63, 3.8) is 0 Å². The molecule has 1 aliphatic carbocycles. The summed E-state index contributed by atoms with van der Waals surface area (Å²) in [6.45, 7) is 8.45. The van der Waals surface area contributed by atoms with Gasteiger partial charge in [0.1, 0.15) is 0 Å². The normalized spacial score (nSPS) is 18.9. The third-order valence-electron chi connectivity index (χ3n) is 7.44. The van der Waals surface area contributed by atoms with Gasteiger partial charge in [0.25, 0.3) is 0 Å². The van der Waals surface area contributed by atoms with Gasteiger partial charge >= 0.3 is 7.12 Å². The van der Waals surface area contributed by atoms with Crippen LogP contribution < -0.4 is 5.46 Å². The molecule has 154 valence electrons. The van der Waals surface area contributed by atoms with Crippen LogP contribution in [0.3, 0.4) is 0 Å². The molecular formula is C27H26BNO2. The van der Waals surface area contributed by atoms with Crippen molar-refractivity contribution >= 4 is 34.1 Å². The van der Waals surface area contributed by atoms with E-state index in [1.807, 2.05) is 6.20 Å². The summed E-state index contributed by atoms with van der Waals surface area (Å²) in [5, 5.41) is 4.98. The van der Waals surface area contributed by atoms with Crippen LogP contribution in [0.4, 0.5) is 0 Å². The molecule has 4 heteroatoms. The molecule has 3 nitrogen and oxygen atoms in total. The second-order valence-electron chi connectivity index (χ2n) is 9.81. The van der Waals surface area contributed by atoms with E-state index in [4.69, 9.17) is 14.3 Å². The van der Waals surface area contributed by atoms with Gasteiger partial charge in [-0.3, -0.25) is 4.98 Å². The first-order valence-corrected chi connectivity index (χ1v) is 11.1. The van der Waals surface area contributed by atoms with Gasteiger partial charge in [0, 0.05) is 17.1 Å². The van der Waals surface area contributed by atoms with Gasteiger partial charge in [-0.05, 0) is 79.4 Å². The predicted octanol–water partition coefficient (Wildman–Crippen LogP) is 5.45. The second kappa shape index (κ2) is 6.41. The van der Waals surface area contributed by atoms with Gasteiger partial charge < -0.3 is 9.31 Å². The number of rotatable bonds is 2. The first kappa shape index (κ1) is 19.0. The van der Waals surface area contributed by atoms with Crippen molar-refractivity contribution in [2.75, 3.05) is 0 Å². The van der Waals surface area contributed by atoms with Crippen LogP contribution in [-0.2, 0) is 22.2 Å². The summed E-state index contributed by atoms with van der Waals surface area (Å²) in [5.74, 6) is 0. The lowest BCUT2D eigenvalue weighted by Crippen LogP contribution is -2.41. The fourth-order valence-corrected chi connectivity index (χ4v) is 5.09. The highest BCUT2D eigenvalue weighted by molar-refractivity contribution is 6.64. The lowest BCUT2D eigenvalue weighted by molar-refractivity contribution is 0.00578. The summed E-state index contributed by atoms with van der Waals surface area (Å²) < 4.78 is 13.1. The maximum atomic E-state index is 6.54. The van der Waals surface area contributed by atoms with Crippen LogP contribution in [0.15, 0.2) is 60.8 Å². The molecule has 31 heavy (non-hydrogen) atoms. The lowest BCUT2D eigenvalue weighted by Gasteiger charge is -2.32. The minimum atomic E-state index is -0.425. The molecule has 2 aliphatic rings. The Balaban J connectivity index is 1.70. The topological polar surface area (TPSA) is 31.4 Å². The molecule has 2 heterocycles. The Morgan fingerprint density at radius 1 is 0.806 bits per heavy atom. The Kier molecular flexibility index (Phi) is 3.94. The number of aromatic nitrogens is 1. The van der Waals surface area contributed by atoms with Crippen LogP contribution in [0, 0.1) is 0 Å². The number of hydrogen-bond acceptors (Lipinski definition) is 3. The Hall–Kier alpha value is -2.69. The van der Waals surface area contributed by atoms with Gasteiger partial charge in [-0.2, -0.15) is 0 Å². The second-order valence-corrected chi connectivity index (χ2v) is 9.81. The number of fused-ring (bicyclic) bond motifs is 1. The Bertz CT molecular complexity index is 1340. The van der Waals surface area contributed by atoms with Crippen molar-refractivity contribution in [1.82, 2.24) is 4.98 Å². The van der Waals surface area contributed by atoms with E-state index in [0.717, 1.165) is 34.9 Å². The van der Waals surface area contributed by atoms with Gasteiger partial charge in [0.05, 0.1) is 16.9 Å². The summed E-state index contributed by atoms with van der Waals surface area (Å²) in [6, 6.07) is 19.5. The van der Waals surface area contributed by atoms with Crippen molar-refractivity contribution < 1.29 is 9.31 Å². The zero-order chi connectivity index (χ0) is 21.4. The molecule has 1 saturated heterocycles. The molecule has 1 aromatic heterocycles. The molecule has 0 radical (unpaired) electrons. The molecule has 4 aromatic rings. The third kappa shape index (κ3) is 2.71. The van der Waals surface area contributed by atoms with Gasteiger partial charge in [-0.1, -0.05) is 48.5 Å². The number of aryl methyl sites for hydroxylation is 2. The minimum absolute atomic E-state index is 0.391. The Morgan fingerprint density at radius 2 is 1.52 bits per heavy atom. The average Bonchev–Trinajstić information content (AvgIpc) is 3.26. The van der Waals surface area contributed by atoms with Crippen molar-refractivity contribution in [3.05, 3.63) is 71.9 Å². The first-order chi connectivity index (χ1) is 14.9. The van der Waals surface area contributed by atoms with Gasteiger partial charge in [0.15, 0.2) is 0 Å². The van der Waals surface area contributed by atoms with Gasteiger partial charge in [-0.15, -0.1) is 0 Å². The number of benzene rings is 3. The highest BCUT2D eigenvalue weighted by Gasteiger charge is 2.52. The molecule has 0 atom stereocenters. The van der Waals surface area contributed by atoms with Crippen LogP contribution >= 0.6 is 0 Å². The van der Waals surface area contributed by atoms with Gasteiger partial charge in [0.2, 0.25) is 0 Å². The summed E-state index contributed by atoms with van der Waals surface area (Å²) in [7, 11) is -0.425. The SMILES string of the molecule is CC1(C)OB(c2cc3c4c(cccc4c2-c2nccc4ccccc24)CC3)OC1(C)C. The molecule has 0 bridgehead atoms. The van der Waals surface area contributed by atoms with E-state index in [1.54, 1.807) is 0 Å². The highest BCUT2D eigenvalue weighted by atomic mass is 16.7. The Labute approximate surface area is 183 Å². The highest BCUT2D eigenvalue weighted by Crippen LogP contribution is 2.41. The predicted molar refractivity (Wildman–Crippen MR) is 128 cm³/mol. The molecule has 1 fully saturated rings. The van der Waals surface area contributed by atoms with Crippen LogP contribution in [-0.4, -0.2) is 23.3 Å². The fourth-order valence-electron chi connectivity index (χ4n) is 5.09. The maximum Gasteiger partial charge on any atom is 0.495 e. The van der Waals surface area contributed by atoms with Crippen LogP contribution in [0.2, 0.25) is 0 Å². The van der Waals surface area contributed by atoms with Crippen molar-refractivity contribution in [2.24, 2.45) is 0 Å². The largest absolute Gasteiger partial charge is 0.495 e. The molecule has 0 unspecified atom stereocenters. The fraction of sp³-hybridized carbons (Fsp3) is 0.296. The molecule has 0 amide bonds. The maximum absolute atomic E-state index is 6.54. The van der Waals surface area contributed by atoms with Crippen LogP contribution in [0.1, 0.15) is 38.8 Å². The summed E-state index contributed by atoms with van der Waals surface area (Å²) in [6.07, 6.45) is 4.06. The average molecular weight is 407 g/mol. The standard InChI is InChI=1S/C27H26BNO2/c1-26(2)27(3,4)31-28(30-26)22-16-19-13-12-18-9-7-11-21(23(18)19)24(22)25-20-10-6-5-8-17(20)14-15-29-25/h5-11,14-16H,12-13H2,1-4H3. The Morgan fingerprint density at radius 3 is 2.32 bits per heavy atom. The smallest absolute Gasteiger partial charge is 0.399 e. The summed E-state index contributed by atoms with van der Waals surface area (Å²) in [5.41, 5.74) is 5.25. The zero-order valence-corrected chi connectivity index (χ0v) is 18.5. The number of hydrogen-bond donors (Lipinski definition) is 0. The van der Waals surface area contributed by atoms with Crippen molar-refractivity contribution in [2.45, 2.75) is 51.7 Å². The molecule has 0 N–H and O–H groups in total. The molecule has 6 rings (SSSR count). The van der Waals surface area contributed by atoms with E-state index in [0.29, 0.717) is 0 Å². The van der Waals surface area contributed by atoms with Gasteiger partial charge in [-0.25, -0.2) is 0 Å². The summed E-state index contributed by atoms with van der Waals surface area (Å²) >= 11 is 0. The van der Waals surface area contributed by atoms with Crippen LogP contribution in [0.25, 0.3) is 32.8 Å². The quantitative estimate of drug-likeness (QED) is 0.414. The number of pyridine rings is 1. The molecule has 0 spiro atoms. The van der Waals surface area contributed by atoms with E-state index in [9.17, 15) is 0 Å². The van der Waals surface area contributed by atoms with Crippen molar-refractivity contribution in [3.8, 4) is 11.3 Å². The summed E-state index contributed by atoms with van der Waals surface area (Å²) in [4.78, 5) is 4.90. The van der Waals surface area contributed by atoms with E-state index >= 15 is 0 Å². The van der Waals surface area contributed by atoms with E-state index in [1.165, 1.54) is 27.3 Å². The van der Waals surface area contributed by atoms with E-state index in [-0.39, 0.29) is 0 Å². The monoisotopic (exact) mass is 407 g/mol. The molecule has 1 aliphatic heterocycles. The lowest BCUT2D eigenvalue weighted by atomic mass is 9.72. The molecule has 0 saturated carbocycles.